The van der Waals surface area contributed by atoms with E-state index in [0.717, 1.165) is 26.3 Å². The number of hydrogen-bond acceptors (Lipinski definition) is 6. The van der Waals surface area contributed by atoms with Crippen molar-refractivity contribution in [2.45, 2.75) is 38.0 Å². The number of hydrogen-bond donors (Lipinski definition) is 2. The molecule has 2 atom stereocenters. The standard InChI is InChI=1S/C19H20F3N7O2/c1-11(19(20,21)22)25-17(30)15-24-9-13-16(27-15)29(12-5-4-8-28(13)10-12)18(31)26-14-6-2-3-7-23-14/h2-3,6-7,9,11-12H,4-5,8,10H2,1H3,(H,25,30)(H,23,26,31)/t11-,12+/m1/s1. The fourth-order valence-electron chi connectivity index (χ4n) is 3.64. The van der Waals surface area contributed by atoms with Gasteiger partial charge in [0.2, 0.25) is 5.82 Å². The fraction of sp³-hybridized carbons (Fsp3) is 0.421. The molecule has 0 saturated carbocycles. The van der Waals surface area contributed by atoms with Crippen LogP contribution in [0.5, 0.6) is 0 Å². The Balaban J connectivity index is 1.65. The zero-order chi connectivity index (χ0) is 22.2. The lowest BCUT2D eigenvalue weighted by atomic mass is 10.0. The van der Waals surface area contributed by atoms with Crippen LogP contribution >= 0.6 is 0 Å². The van der Waals surface area contributed by atoms with Crippen LogP contribution in [0.3, 0.4) is 0 Å². The molecule has 12 heteroatoms. The van der Waals surface area contributed by atoms with Crippen molar-refractivity contribution in [3.63, 3.8) is 0 Å². The number of halogens is 3. The van der Waals surface area contributed by atoms with Gasteiger partial charge in [0.1, 0.15) is 11.9 Å². The predicted molar refractivity (Wildman–Crippen MR) is 106 cm³/mol. The van der Waals surface area contributed by atoms with E-state index in [2.05, 4.69) is 20.3 Å². The van der Waals surface area contributed by atoms with Crippen molar-refractivity contribution in [1.82, 2.24) is 20.3 Å². The molecular formula is C19H20F3N7O2. The summed E-state index contributed by atoms with van der Waals surface area (Å²) in [6.07, 6.45) is -0.112. The SMILES string of the molecule is C[C@@H](NC(=O)c1ncc2c(n1)N(C(=O)Nc1ccccn1)[C@H]1CCCN2C1)C(F)(F)F. The summed E-state index contributed by atoms with van der Waals surface area (Å²) < 4.78 is 38.4. The van der Waals surface area contributed by atoms with Gasteiger partial charge in [-0.25, -0.2) is 19.7 Å². The molecule has 2 aliphatic heterocycles. The zero-order valence-corrected chi connectivity index (χ0v) is 16.6. The Morgan fingerprint density at radius 1 is 1.26 bits per heavy atom. The molecule has 0 aromatic carbocycles. The largest absolute Gasteiger partial charge is 0.408 e. The molecule has 2 aliphatic rings. The first-order valence-corrected chi connectivity index (χ1v) is 9.75. The second-order valence-corrected chi connectivity index (χ2v) is 7.40. The van der Waals surface area contributed by atoms with Gasteiger partial charge < -0.3 is 10.2 Å². The van der Waals surface area contributed by atoms with Crippen molar-refractivity contribution < 1.29 is 22.8 Å². The van der Waals surface area contributed by atoms with Gasteiger partial charge in [-0.05, 0) is 31.9 Å². The Morgan fingerprint density at radius 3 is 2.77 bits per heavy atom. The van der Waals surface area contributed by atoms with Crippen LogP contribution in [0.1, 0.15) is 30.4 Å². The number of anilines is 3. The first kappa shape index (κ1) is 20.8. The topological polar surface area (TPSA) is 103 Å². The van der Waals surface area contributed by atoms with Crippen molar-refractivity contribution >= 4 is 29.3 Å². The van der Waals surface area contributed by atoms with Gasteiger partial charge in [0.05, 0.1) is 17.9 Å². The van der Waals surface area contributed by atoms with Crippen LogP contribution in [0.4, 0.5) is 35.3 Å². The van der Waals surface area contributed by atoms with E-state index >= 15 is 0 Å². The average Bonchev–Trinajstić information content (AvgIpc) is 2.73. The first-order chi connectivity index (χ1) is 14.7. The molecule has 2 N–H and O–H groups in total. The molecule has 0 spiro atoms. The van der Waals surface area contributed by atoms with E-state index < -0.39 is 30.0 Å². The van der Waals surface area contributed by atoms with Gasteiger partial charge in [0.15, 0.2) is 5.82 Å². The minimum absolute atomic E-state index is 0.184. The lowest BCUT2D eigenvalue weighted by molar-refractivity contribution is -0.149. The third-order valence-electron chi connectivity index (χ3n) is 5.24. The average molecular weight is 435 g/mol. The number of urea groups is 1. The number of carbonyl (C=O) groups excluding carboxylic acids is 2. The van der Waals surface area contributed by atoms with Crippen LogP contribution in [0.25, 0.3) is 0 Å². The Hall–Kier alpha value is -3.44. The van der Waals surface area contributed by atoms with E-state index in [4.69, 9.17) is 0 Å². The number of aromatic nitrogens is 3. The maximum absolute atomic E-state index is 13.1. The van der Waals surface area contributed by atoms with E-state index in [0.29, 0.717) is 18.1 Å². The number of nitrogens with zero attached hydrogens (tertiary/aromatic N) is 5. The quantitative estimate of drug-likeness (QED) is 0.768. The summed E-state index contributed by atoms with van der Waals surface area (Å²) in [5.74, 6) is -0.974. The van der Waals surface area contributed by atoms with E-state index in [1.54, 1.807) is 18.2 Å². The fourth-order valence-corrected chi connectivity index (χ4v) is 3.64. The molecule has 2 aromatic heterocycles. The number of fused-ring (bicyclic) bond motifs is 4. The maximum atomic E-state index is 13.1. The van der Waals surface area contributed by atoms with Crippen molar-refractivity contribution in [1.29, 1.82) is 0 Å². The number of amides is 3. The molecule has 0 unspecified atom stereocenters. The number of pyridine rings is 1. The molecule has 3 amide bonds. The highest BCUT2D eigenvalue weighted by Gasteiger charge is 2.40. The highest BCUT2D eigenvalue weighted by molar-refractivity contribution is 6.04. The lowest BCUT2D eigenvalue weighted by Gasteiger charge is -2.45. The van der Waals surface area contributed by atoms with Crippen molar-refractivity contribution in [2.24, 2.45) is 0 Å². The Bertz CT molecular complexity index is 986. The molecule has 2 aromatic rings. The molecule has 31 heavy (non-hydrogen) atoms. The normalized spacial score (nSPS) is 18.8. The predicted octanol–water partition coefficient (Wildman–Crippen LogP) is 2.57. The molecule has 0 radical (unpaired) electrons. The first-order valence-electron chi connectivity index (χ1n) is 9.75. The van der Waals surface area contributed by atoms with Gasteiger partial charge >= 0.3 is 12.2 Å². The van der Waals surface area contributed by atoms with Gasteiger partial charge in [0, 0.05) is 19.3 Å². The molecule has 4 heterocycles. The Kier molecular flexibility index (Phi) is 5.38. The lowest BCUT2D eigenvalue weighted by Crippen LogP contribution is -2.56. The number of nitrogens with one attached hydrogen (secondary N) is 2. The van der Waals surface area contributed by atoms with Crippen molar-refractivity contribution in [2.75, 3.05) is 28.2 Å². The van der Waals surface area contributed by atoms with E-state index in [9.17, 15) is 22.8 Å². The van der Waals surface area contributed by atoms with Crippen LogP contribution in [0, 0.1) is 0 Å². The highest BCUT2D eigenvalue weighted by atomic mass is 19.4. The summed E-state index contributed by atoms with van der Waals surface area (Å²) in [6, 6.07) is 2.32. The molecule has 0 aliphatic carbocycles. The number of carbonyl (C=O) groups is 2. The summed E-state index contributed by atoms with van der Waals surface area (Å²) in [5, 5.41) is 4.55. The monoisotopic (exact) mass is 435 g/mol. The highest BCUT2D eigenvalue weighted by Crippen LogP contribution is 2.37. The minimum Gasteiger partial charge on any atom is -0.365 e. The van der Waals surface area contributed by atoms with Gasteiger partial charge in [0.25, 0.3) is 5.91 Å². The summed E-state index contributed by atoms with van der Waals surface area (Å²) >= 11 is 0. The van der Waals surface area contributed by atoms with Gasteiger partial charge in [-0.2, -0.15) is 13.2 Å². The maximum Gasteiger partial charge on any atom is 0.408 e. The van der Waals surface area contributed by atoms with E-state index in [1.165, 1.54) is 17.3 Å². The zero-order valence-electron chi connectivity index (χ0n) is 16.6. The molecule has 1 saturated heterocycles. The van der Waals surface area contributed by atoms with Crippen LogP contribution in [-0.4, -0.2) is 58.2 Å². The van der Waals surface area contributed by atoms with Crippen molar-refractivity contribution in [3.05, 3.63) is 36.4 Å². The summed E-state index contributed by atoms with van der Waals surface area (Å²) in [7, 11) is 0. The van der Waals surface area contributed by atoms with E-state index in [-0.39, 0.29) is 11.9 Å². The number of piperidine rings is 1. The van der Waals surface area contributed by atoms with Crippen LogP contribution < -0.4 is 20.4 Å². The molecule has 9 nitrogen and oxygen atoms in total. The van der Waals surface area contributed by atoms with Crippen molar-refractivity contribution in [3.8, 4) is 0 Å². The smallest absolute Gasteiger partial charge is 0.365 e. The molecule has 4 rings (SSSR count). The van der Waals surface area contributed by atoms with Crippen LogP contribution in [0.15, 0.2) is 30.6 Å². The molecule has 1 fully saturated rings. The van der Waals surface area contributed by atoms with Gasteiger partial charge in [-0.15, -0.1) is 0 Å². The minimum atomic E-state index is -4.60. The molecule has 2 bridgehead atoms. The van der Waals surface area contributed by atoms with Crippen LogP contribution in [-0.2, 0) is 0 Å². The van der Waals surface area contributed by atoms with E-state index in [1.807, 2.05) is 10.2 Å². The van der Waals surface area contributed by atoms with Gasteiger partial charge in [-0.1, -0.05) is 6.07 Å². The summed E-state index contributed by atoms with van der Waals surface area (Å²) in [5.41, 5.74) is 0.549. The number of rotatable bonds is 3. The van der Waals surface area contributed by atoms with Gasteiger partial charge in [-0.3, -0.25) is 15.0 Å². The third-order valence-corrected chi connectivity index (χ3v) is 5.24. The summed E-state index contributed by atoms with van der Waals surface area (Å²) in [6.45, 7) is 2.14. The third kappa shape index (κ3) is 4.23. The number of alkyl halides is 3. The Labute approximate surface area is 175 Å². The molecular weight excluding hydrogens is 415 g/mol. The second-order valence-electron chi connectivity index (χ2n) is 7.40. The Morgan fingerprint density at radius 2 is 2.06 bits per heavy atom. The molecule has 164 valence electrons. The van der Waals surface area contributed by atoms with Crippen LogP contribution in [0.2, 0.25) is 0 Å². The second kappa shape index (κ2) is 8.00. The summed E-state index contributed by atoms with van der Waals surface area (Å²) in [4.78, 5) is 41.0.